The lowest BCUT2D eigenvalue weighted by molar-refractivity contribution is 0.641. The zero-order valence-corrected chi connectivity index (χ0v) is 9.88. The Morgan fingerprint density at radius 1 is 1.47 bits per heavy atom. The van der Waals surface area contributed by atoms with Crippen molar-refractivity contribution in [1.29, 1.82) is 0 Å². The van der Waals surface area contributed by atoms with E-state index in [9.17, 15) is 0 Å². The molecular formula is C13H20N2. The molecule has 2 nitrogen and oxygen atoms in total. The van der Waals surface area contributed by atoms with E-state index in [1.807, 2.05) is 26.8 Å². The number of nitrogens with zero attached hydrogens (tertiary/aromatic N) is 1. The molecule has 1 unspecified atom stereocenters. The number of rotatable bonds is 4. The number of hydrogen-bond donors (Lipinski definition) is 1. The van der Waals surface area contributed by atoms with Gasteiger partial charge in [-0.3, -0.25) is 4.98 Å². The van der Waals surface area contributed by atoms with Crippen molar-refractivity contribution in [3.8, 4) is 0 Å². The molecule has 0 spiro atoms. The van der Waals surface area contributed by atoms with Crippen LogP contribution in [0.1, 0.15) is 42.8 Å². The number of allylic oxidation sites excluding steroid dienone is 1. The van der Waals surface area contributed by atoms with Crippen molar-refractivity contribution < 1.29 is 0 Å². The van der Waals surface area contributed by atoms with Crippen molar-refractivity contribution in [2.45, 2.75) is 39.7 Å². The fourth-order valence-corrected chi connectivity index (χ4v) is 1.65. The van der Waals surface area contributed by atoms with Crippen molar-refractivity contribution >= 4 is 0 Å². The first-order valence-electron chi connectivity index (χ1n) is 5.35. The molecule has 0 aliphatic rings. The van der Waals surface area contributed by atoms with Crippen LogP contribution in [0, 0.1) is 13.8 Å². The van der Waals surface area contributed by atoms with Crippen molar-refractivity contribution in [3.63, 3.8) is 0 Å². The third kappa shape index (κ3) is 3.48. The summed E-state index contributed by atoms with van der Waals surface area (Å²) in [7, 11) is 0. The van der Waals surface area contributed by atoms with Gasteiger partial charge in [-0.2, -0.15) is 0 Å². The van der Waals surface area contributed by atoms with E-state index < -0.39 is 0 Å². The minimum atomic E-state index is 0.0785. The van der Waals surface area contributed by atoms with E-state index in [1.54, 1.807) is 0 Å². The van der Waals surface area contributed by atoms with Crippen LogP contribution in [0.2, 0.25) is 0 Å². The molecule has 0 aromatic carbocycles. The highest BCUT2D eigenvalue weighted by Crippen LogP contribution is 2.20. The van der Waals surface area contributed by atoms with Gasteiger partial charge in [-0.1, -0.05) is 11.6 Å². The highest BCUT2D eigenvalue weighted by Gasteiger charge is 2.09. The minimum Gasteiger partial charge on any atom is -0.324 e. The SMILES string of the molecule is C=C(C)CCC(N)c1ccc(C)nc1C. The molecule has 0 radical (unpaired) electrons. The number of aromatic nitrogens is 1. The summed E-state index contributed by atoms with van der Waals surface area (Å²) < 4.78 is 0. The third-order valence-electron chi connectivity index (χ3n) is 2.55. The first kappa shape index (κ1) is 11.9. The Morgan fingerprint density at radius 2 is 2.13 bits per heavy atom. The van der Waals surface area contributed by atoms with E-state index in [1.165, 1.54) is 5.57 Å². The van der Waals surface area contributed by atoms with Crippen LogP contribution in [-0.4, -0.2) is 4.98 Å². The lowest BCUT2D eigenvalue weighted by atomic mass is 9.99. The van der Waals surface area contributed by atoms with Gasteiger partial charge < -0.3 is 5.73 Å². The van der Waals surface area contributed by atoms with Gasteiger partial charge in [0.25, 0.3) is 0 Å². The van der Waals surface area contributed by atoms with Crippen LogP contribution >= 0.6 is 0 Å². The largest absolute Gasteiger partial charge is 0.324 e. The molecule has 1 heterocycles. The molecule has 0 aliphatic heterocycles. The summed E-state index contributed by atoms with van der Waals surface area (Å²) in [5.41, 5.74) is 10.5. The number of hydrogen-bond acceptors (Lipinski definition) is 2. The average Bonchev–Trinajstić information content (AvgIpc) is 2.14. The Bertz CT molecular complexity index is 356. The molecule has 1 aromatic rings. The molecule has 0 saturated heterocycles. The molecule has 1 atom stereocenters. The zero-order valence-electron chi connectivity index (χ0n) is 9.88. The predicted octanol–water partition coefficient (Wildman–Crippen LogP) is 3.05. The second-order valence-corrected chi connectivity index (χ2v) is 4.23. The number of nitrogens with two attached hydrogens (primary N) is 1. The fraction of sp³-hybridized carbons (Fsp3) is 0.462. The van der Waals surface area contributed by atoms with Crippen LogP contribution in [0.15, 0.2) is 24.3 Å². The molecule has 0 amide bonds. The van der Waals surface area contributed by atoms with Gasteiger partial charge in [-0.25, -0.2) is 0 Å². The van der Waals surface area contributed by atoms with E-state index in [2.05, 4.69) is 17.6 Å². The zero-order chi connectivity index (χ0) is 11.4. The Labute approximate surface area is 92.2 Å². The lowest BCUT2D eigenvalue weighted by Gasteiger charge is -2.14. The molecule has 82 valence electrons. The maximum Gasteiger partial charge on any atom is 0.0423 e. The normalized spacial score (nSPS) is 12.5. The van der Waals surface area contributed by atoms with Crippen LogP contribution < -0.4 is 5.73 Å². The molecule has 15 heavy (non-hydrogen) atoms. The Balaban J connectivity index is 2.73. The van der Waals surface area contributed by atoms with Crippen LogP contribution in [0.4, 0.5) is 0 Å². The first-order chi connectivity index (χ1) is 7.00. The molecule has 2 heteroatoms. The Morgan fingerprint density at radius 3 is 2.67 bits per heavy atom. The van der Waals surface area contributed by atoms with Crippen molar-refractivity contribution in [3.05, 3.63) is 41.2 Å². The highest BCUT2D eigenvalue weighted by atomic mass is 14.7. The monoisotopic (exact) mass is 204 g/mol. The van der Waals surface area contributed by atoms with Gasteiger partial charge >= 0.3 is 0 Å². The summed E-state index contributed by atoms with van der Waals surface area (Å²) in [6.07, 6.45) is 1.93. The average molecular weight is 204 g/mol. The summed E-state index contributed by atoms with van der Waals surface area (Å²) in [5, 5.41) is 0. The van der Waals surface area contributed by atoms with Gasteiger partial charge in [0, 0.05) is 17.4 Å². The van der Waals surface area contributed by atoms with Gasteiger partial charge in [0.15, 0.2) is 0 Å². The molecular weight excluding hydrogens is 184 g/mol. The maximum atomic E-state index is 6.11. The smallest absolute Gasteiger partial charge is 0.0423 e. The first-order valence-corrected chi connectivity index (χ1v) is 5.35. The standard InChI is InChI=1S/C13H20N2/c1-9(2)5-8-13(14)12-7-6-10(3)15-11(12)4/h6-7,13H,1,5,8,14H2,2-4H3. The topological polar surface area (TPSA) is 38.9 Å². The maximum absolute atomic E-state index is 6.11. The third-order valence-corrected chi connectivity index (χ3v) is 2.55. The quantitative estimate of drug-likeness (QED) is 0.765. The summed E-state index contributed by atoms with van der Waals surface area (Å²) in [5.74, 6) is 0. The predicted molar refractivity (Wildman–Crippen MR) is 64.7 cm³/mol. The Kier molecular flexibility index (Phi) is 4.04. The van der Waals surface area contributed by atoms with Crippen LogP contribution in [-0.2, 0) is 0 Å². The van der Waals surface area contributed by atoms with E-state index in [-0.39, 0.29) is 6.04 Å². The minimum absolute atomic E-state index is 0.0785. The molecule has 0 bridgehead atoms. The summed E-state index contributed by atoms with van der Waals surface area (Å²) in [4.78, 5) is 4.42. The molecule has 2 N–H and O–H groups in total. The molecule has 0 aliphatic carbocycles. The lowest BCUT2D eigenvalue weighted by Crippen LogP contribution is -2.12. The molecule has 1 rings (SSSR count). The van der Waals surface area contributed by atoms with E-state index in [0.717, 1.165) is 29.8 Å². The summed E-state index contributed by atoms with van der Waals surface area (Å²) >= 11 is 0. The Hall–Kier alpha value is -1.15. The van der Waals surface area contributed by atoms with Gasteiger partial charge in [0.1, 0.15) is 0 Å². The van der Waals surface area contributed by atoms with Gasteiger partial charge in [0.05, 0.1) is 0 Å². The van der Waals surface area contributed by atoms with Gasteiger partial charge in [-0.05, 0) is 45.2 Å². The second-order valence-electron chi connectivity index (χ2n) is 4.23. The fourth-order valence-electron chi connectivity index (χ4n) is 1.65. The number of aryl methyl sites for hydroxylation is 2. The van der Waals surface area contributed by atoms with Crippen LogP contribution in [0.25, 0.3) is 0 Å². The van der Waals surface area contributed by atoms with Crippen molar-refractivity contribution in [1.82, 2.24) is 4.98 Å². The van der Waals surface area contributed by atoms with Crippen LogP contribution in [0.5, 0.6) is 0 Å². The van der Waals surface area contributed by atoms with E-state index in [0.29, 0.717) is 0 Å². The van der Waals surface area contributed by atoms with Gasteiger partial charge in [-0.15, -0.1) is 6.58 Å². The molecule has 1 aromatic heterocycles. The number of pyridine rings is 1. The second kappa shape index (κ2) is 5.08. The van der Waals surface area contributed by atoms with Gasteiger partial charge in [0.2, 0.25) is 0 Å². The van der Waals surface area contributed by atoms with E-state index >= 15 is 0 Å². The molecule has 0 saturated carbocycles. The van der Waals surface area contributed by atoms with Crippen LogP contribution in [0.3, 0.4) is 0 Å². The van der Waals surface area contributed by atoms with Crippen molar-refractivity contribution in [2.75, 3.05) is 0 Å². The highest BCUT2D eigenvalue weighted by molar-refractivity contribution is 5.24. The van der Waals surface area contributed by atoms with Crippen molar-refractivity contribution in [2.24, 2.45) is 5.73 Å². The summed E-state index contributed by atoms with van der Waals surface area (Å²) in [6, 6.07) is 4.18. The summed E-state index contributed by atoms with van der Waals surface area (Å²) in [6.45, 7) is 9.93. The molecule has 0 fully saturated rings. The van der Waals surface area contributed by atoms with E-state index in [4.69, 9.17) is 5.73 Å².